The molecule has 0 N–H and O–H groups in total. The maximum absolute atomic E-state index is 2.37. The SMILES string of the molecule is c1ccc2c(c1)ccc1sc(-c3cc4c(ccc5ccccc54)s3)cc12. The zero-order valence-corrected chi connectivity index (χ0v) is 15.5. The van der Waals surface area contributed by atoms with Crippen LogP contribution in [-0.2, 0) is 0 Å². The van der Waals surface area contributed by atoms with Crippen molar-refractivity contribution in [2.24, 2.45) is 0 Å². The van der Waals surface area contributed by atoms with Crippen molar-refractivity contribution in [3.63, 3.8) is 0 Å². The van der Waals surface area contributed by atoms with Crippen LogP contribution in [0.1, 0.15) is 0 Å². The van der Waals surface area contributed by atoms with E-state index in [1.54, 1.807) is 0 Å². The molecule has 0 radical (unpaired) electrons. The molecule has 0 fully saturated rings. The van der Waals surface area contributed by atoms with Gasteiger partial charge in [0.05, 0.1) is 0 Å². The van der Waals surface area contributed by atoms with Crippen molar-refractivity contribution in [3.05, 3.63) is 84.9 Å². The van der Waals surface area contributed by atoms with Gasteiger partial charge in [-0.1, -0.05) is 60.7 Å². The Morgan fingerprint density at radius 3 is 1.38 bits per heavy atom. The third-order valence-electron chi connectivity index (χ3n) is 5.09. The average molecular weight is 367 g/mol. The summed E-state index contributed by atoms with van der Waals surface area (Å²) >= 11 is 3.79. The maximum Gasteiger partial charge on any atom is 0.0455 e. The number of fused-ring (bicyclic) bond motifs is 6. The molecular formula is C24H14S2. The lowest BCUT2D eigenvalue weighted by atomic mass is 10.1. The summed E-state index contributed by atoms with van der Waals surface area (Å²) in [5.74, 6) is 0. The molecule has 2 heteroatoms. The van der Waals surface area contributed by atoms with Crippen LogP contribution in [0.15, 0.2) is 84.9 Å². The molecule has 26 heavy (non-hydrogen) atoms. The van der Waals surface area contributed by atoms with E-state index in [9.17, 15) is 0 Å². The van der Waals surface area contributed by atoms with E-state index in [-0.39, 0.29) is 0 Å². The summed E-state index contributed by atoms with van der Waals surface area (Å²) in [7, 11) is 0. The van der Waals surface area contributed by atoms with Gasteiger partial charge < -0.3 is 0 Å². The minimum atomic E-state index is 1.31. The predicted molar refractivity (Wildman–Crippen MR) is 118 cm³/mol. The molecule has 0 unspecified atom stereocenters. The molecule has 0 saturated carbocycles. The number of benzene rings is 4. The molecule has 0 aliphatic carbocycles. The zero-order valence-electron chi connectivity index (χ0n) is 13.9. The average Bonchev–Trinajstić information content (AvgIpc) is 3.32. The smallest absolute Gasteiger partial charge is 0.0455 e. The monoisotopic (exact) mass is 366 g/mol. The van der Waals surface area contributed by atoms with Gasteiger partial charge in [0.15, 0.2) is 0 Å². The fraction of sp³-hybridized carbons (Fsp3) is 0. The summed E-state index contributed by atoms with van der Waals surface area (Å²) in [6, 6.07) is 31.0. The highest BCUT2D eigenvalue weighted by Gasteiger charge is 2.11. The Morgan fingerprint density at radius 1 is 0.423 bits per heavy atom. The van der Waals surface area contributed by atoms with Crippen LogP contribution in [0, 0.1) is 0 Å². The first-order chi connectivity index (χ1) is 12.9. The fourth-order valence-electron chi connectivity index (χ4n) is 3.83. The molecule has 6 aromatic rings. The molecule has 0 amide bonds. The number of rotatable bonds is 1. The van der Waals surface area contributed by atoms with Crippen LogP contribution in [0.4, 0.5) is 0 Å². The molecule has 122 valence electrons. The molecule has 4 aromatic carbocycles. The quantitative estimate of drug-likeness (QED) is 0.276. The van der Waals surface area contributed by atoms with E-state index in [0.717, 1.165) is 0 Å². The van der Waals surface area contributed by atoms with Crippen molar-refractivity contribution in [2.45, 2.75) is 0 Å². The van der Waals surface area contributed by atoms with Crippen molar-refractivity contribution in [1.82, 2.24) is 0 Å². The summed E-state index contributed by atoms with van der Waals surface area (Å²) in [6.07, 6.45) is 0. The molecule has 0 bridgehead atoms. The van der Waals surface area contributed by atoms with Crippen molar-refractivity contribution in [1.29, 1.82) is 0 Å². The first kappa shape index (κ1) is 14.5. The normalized spacial score (nSPS) is 11.8. The molecule has 0 nitrogen and oxygen atoms in total. The minimum Gasteiger partial charge on any atom is -0.134 e. The lowest BCUT2D eigenvalue weighted by Gasteiger charge is -1.97. The third-order valence-corrected chi connectivity index (χ3v) is 7.49. The highest BCUT2D eigenvalue weighted by atomic mass is 32.1. The summed E-state index contributed by atoms with van der Waals surface area (Å²) in [4.78, 5) is 2.73. The van der Waals surface area contributed by atoms with Gasteiger partial charge in [0.25, 0.3) is 0 Å². The van der Waals surface area contributed by atoms with Crippen LogP contribution in [0.2, 0.25) is 0 Å². The first-order valence-corrected chi connectivity index (χ1v) is 10.3. The molecule has 0 saturated heterocycles. The van der Waals surface area contributed by atoms with Gasteiger partial charge in [-0.2, -0.15) is 0 Å². The molecule has 0 aliphatic heterocycles. The van der Waals surface area contributed by atoms with Crippen LogP contribution < -0.4 is 0 Å². The number of hydrogen-bond donors (Lipinski definition) is 0. The van der Waals surface area contributed by atoms with Crippen molar-refractivity contribution in [3.8, 4) is 9.75 Å². The van der Waals surface area contributed by atoms with Gasteiger partial charge in [-0.3, -0.25) is 0 Å². The Morgan fingerprint density at radius 2 is 0.885 bits per heavy atom. The van der Waals surface area contributed by atoms with Crippen LogP contribution in [0.25, 0.3) is 51.5 Å². The van der Waals surface area contributed by atoms with Gasteiger partial charge in [0.2, 0.25) is 0 Å². The Balaban J connectivity index is 1.62. The summed E-state index contributed by atoms with van der Waals surface area (Å²) in [6.45, 7) is 0. The van der Waals surface area contributed by atoms with E-state index in [1.165, 1.54) is 51.5 Å². The largest absolute Gasteiger partial charge is 0.134 e. The third kappa shape index (κ3) is 2.06. The molecule has 6 rings (SSSR count). The first-order valence-electron chi connectivity index (χ1n) is 8.70. The van der Waals surface area contributed by atoms with Crippen molar-refractivity contribution < 1.29 is 0 Å². The van der Waals surface area contributed by atoms with Crippen LogP contribution in [-0.4, -0.2) is 0 Å². The van der Waals surface area contributed by atoms with Crippen molar-refractivity contribution >= 4 is 64.4 Å². The summed E-state index contributed by atoms with van der Waals surface area (Å²) in [5.41, 5.74) is 0. The van der Waals surface area contributed by atoms with Gasteiger partial charge >= 0.3 is 0 Å². The van der Waals surface area contributed by atoms with Gasteiger partial charge in [0.1, 0.15) is 0 Å². The summed E-state index contributed by atoms with van der Waals surface area (Å²) in [5, 5.41) is 8.05. The van der Waals surface area contributed by atoms with Gasteiger partial charge in [-0.15, -0.1) is 22.7 Å². The Hall–Kier alpha value is -2.68. The lowest BCUT2D eigenvalue weighted by molar-refractivity contribution is 1.81. The highest BCUT2D eigenvalue weighted by molar-refractivity contribution is 7.28. The Kier molecular flexibility index (Phi) is 3.01. The predicted octanol–water partition coefficient (Wildman–Crippen LogP) is 8.09. The van der Waals surface area contributed by atoms with Gasteiger partial charge in [-0.05, 0) is 45.8 Å². The van der Waals surface area contributed by atoms with E-state index >= 15 is 0 Å². The van der Waals surface area contributed by atoms with Crippen molar-refractivity contribution in [2.75, 3.05) is 0 Å². The zero-order chi connectivity index (χ0) is 17.1. The van der Waals surface area contributed by atoms with Crippen LogP contribution >= 0.6 is 22.7 Å². The number of hydrogen-bond acceptors (Lipinski definition) is 2. The van der Waals surface area contributed by atoms with Crippen LogP contribution in [0.5, 0.6) is 0 Å². The molecule has 0 aliphatic rings. The van der Waals surface area contributed by atoms with Crippen LogP contribution in [0.3, 0.4) is 0 Å². The van der Waals surface area contributed by atoms with E-state index in [2.05, 4.69) is 84.9 Å². The Labute approximate surface area is 158 Å². The molecular weight excluding hydrogens is 352 g/mol. The number of thiophene rings is 2. The molecule has 0 spiro atoms. The van der Waals surface area contributed by atoms with Gasteiger partial charge in [0, 0.05) is 29.9 Å². The second kappa shape index (κ2) is 5.41. The molecule has 2 aromatic heterocycles. The molecule has 2 heterocycles. The standard InChI is InChI=1S/C24H14S2/c1-3-7-17-15(5-1)9-11-21-19(17)13-23(25-21)24-14-20-18-8-4-2-6-16(18)10-12-22(20)26-24/h1-14H. The highest BCUT2D eigenvalue weighted by Crippen LogP contribution is 2.43. The Bertz CT molecular complexity index is 1320. The lowest BCUT2D eigenvalue weighted by Crippen LogP contribution is -1.71. The van der Waals surface area contributed by atoms with Gasteiger partial charge in [-0.25, -0.2) is 0 Å². The van der Waals surface area contributed by atoms with E-state index in [1.807, 2.05) is 22.7 Å². The maximum atomic E-state index is 2.37. The van der Waals surface area contributed by atoms with E-state index < -0.39 is 0 Å². The summed E-state index contributed by atoms with van der Waals surface area (Å²) < 4.78 is 2.72. The van der Waals surface area contributed by atoms with E-state index in [4.69, 9.17) is 0 Å². The van der Waals surface area contributed by atoms with E-state index in [0.29, 0.717) is 0 Å². The second-order valence-corrected chi connectivity index (χ2v) is 8.79. The fourth-order valence-corrected chi connectivity index (χ4v) is 6.05. The topological polar surface area (TPSA) is 0 Å². The minimum absolute atomic E-state index is 1.31. The second-order valence-electron chi connectivity index (χ2n) is 6.62. The molecule has 0 atom stereocenters.